The van der Waals surface area contributed by atoms with Crippen LogP contribution in [0.15, 0.2) is 6.07 Å². The lowest BCUT2D eigenvalue weighted by molar-refractivity contribution is 0.0507. The van der Waals surface area contributed by atoms with Crippen LogP contribution in [0.3, 0.4) is 0 Å². The summed E-state index contributed by atoms with van der Waals surface area (Å²) in [5.74, 6) is -1.16. The molecule has 0 fully saturated rings. The van der Waals surface area contributed by atoms with Crippen molar-refractivity contribution < 1.29 is 18.3 Å². The highest BCUT2D eigenvalue weighted by molar-refractivity contribution is 6.17. The first-order valence-corrected chi connectivity index (χ1v) is 5.35. The van der Waals surface area contributed by atoms with Gasteiger partial charge < -0.3 is 10.5 Å². The van der Waals surface area contributed by atoms with Crippen molar-refractivity contribution in [2.24, 2.45) is 0 Å². The Morgan fingerprint density at radius 1 is 1.65 bits per heavy atom. The van der Waals surface area contributed by atoms with E-state index in [1.165, 1.54) is 6.07 Å². The van der Waals surface area contributed by atoms with Gasteiger partial charge in [-0.3, -0.25) is 0 Å². The van der Waals surface area contributed by atoms with Gasteiger partial charge in [-0.25, -0.2) is 18.6 Å². The Bertz CT molecular complexity index is 427. The van der Waals surface area contributed by atoms with Gasteiger partial charge in [-0.1, -0.05) is 0 Å². The molecule has 0 spiro atoms. The number of nitrogens with two attached hydrogens (primary N) is 1. The summed E-state index contributed by atoms with van der Waals surface area (Å²) >= 11 is 5.53. The molecule has 1 aromatic heterocycles. The largest absolute Gasteiger partial charge is 0.461 e. The second kappa shape index (κ2) is 5.77. The van der Waals surface area contributed by atoms with E-state index in [0.717, 1.165) is 0 Å². The molecule has 0 amide bonds. The molecule has 0 unspecified atom stereocenters. The van der Waals surface area contributed by atoms with Crippen LogP contribution in [-0.4, -0.2) is 17.6 Å². The molecule has 0 bridgehead atoms. The molecule has 7 heteroatoms. The van der Waals surface area contributed by atoms with E-state index in [2.05, 4.69) is 9.72 Å². The fraction of sp³-hybridized carbons (Fsp3) is 0.400. The highest BCUT2D eigenvalue weighted by Gasteiger charge is 2.25. The molecule has 0 atom stereocenters. The fourth-order valence-corrected chi connectivity index (χ4v) is 1.56. The van der Waals surface area contributed by atoms with E-state index in [0.29, 0.717) is 0 Å². The quantitative estimate of drug-likeness (QED) is 0.670. The molecule has 0 aliphatic heterocycles. The first-order valence-electron chi connectivity index (χ1n) is 4.81. The van der Waals surface area contributed by atoms with Gasteiger partial charge in [0.25, 0.3) is 6.43 Å². The van der Waals surface area contributed by atoms with Gasteiger partial charge in [0.05, 0.1) is 12.2 Å². The molecule has 0 aromatic carbocycles. The molecular formula is C10H11ClF2N2O2. The molecular weight excluding hydrogens is 254 g/mol. The number of nitrogen functional groups attached to an aromatic ring is 1. The van der Waals surface area contributed by atoms with E-state index in [1.54, 1.807) is 6.92 Å². The predicted molar refractivity (Wildman–Crippen MR) is 59.1 cm³/mol. The molecule has 0 saturated heterocycles. The van der Waals surface area contributed by atoms with Crippen molar-refractivity contribution >= 4 is 23.4 Å². The summed E-state index contributed by atoms with van der Waals surface area (Å²) in [4.78, 5) is 15.1. The fourth-order valence-electron chi connectivity index (χ4n) is 1.34. The Labute approximate surface area is 102 Å². The van der Waals surface area contributed by atoms with Crippen molar-refractivity contribution in [2.75, 3.05) is 12.3 Å². The smallest absolute Gasteiger partial charge is 0.357 e. The van der Waals surface area contributed by atoms with Crippen molar-refractivity contribution in [3.8, 4) is 0 Å². The van der Waals surface area contributed by atoms with Gasteiger partial charge in [0.2, 0.25) is 0 Å². The van der Waals surface area contributed by atoms with E-state index in [1.807, 2.05) is 0 Å². The third-order valence-electron chi connectivity index (χ3n) is 2.00. The number of alkyl halides is 3. The Morgan fingerprint density at radius 3 is 2.76 bits per heavy atom. The summed E-state index contributed by atoms with van der Waals surface area (Å²) in [6, 6.07) is 1.22. The van der Waals surface area contributed by atoms with Crippen LogP contribution >= 0.6 is 11.6 Å². The molecule has 4 nitrogen and oxygen atoms in total. The second-order valence-corrected chi connectivity index (χ2v) is 3.39. The number of anilines is 1. The molecule has 94 valence electrons. The molecule has 1 aromatic rings. The molecule has 2 N–H and O–H groups in total. The summed E-state index contributed by atoms with van der Waals surface area (Å²) in [7, 11) is 0. The van der Waals surface area contributed by atoms with Crippen molar-refractivity contribution in [3.63, 3.8) is 0 Å². The number of ether oxygens (including phenoxy) is 1. The number of esters is 1. The minimum Gasteiger partial charge on any atom is -0.461 e. The Morgan fingerprint density at radius 2 is 2.29 bits per heavy atom. The van der Waals surface area contributed by atoms with Crippen LogP contribution in [0.25, 0.3) is 0 Å². The van der Waals surface area contributed by atoms with Crippen LogP contribution in [0, 0.1) is 0 Å². The first kappa shape index (κ1) is 13.6. The minimum atomic E-state index is -2.86. The maximum Gasteiger partial charge on any atom is 0.357 e. The van der Waals surface area contributed by atoms with Crippen LogP contribution in [-0.2, 0) is 10.6 Å². The minimum absolute atomic E-state index is 0.0481. The molecule has 0 aliphatic rings. The van der Waals surface area contributed by atoms with E-state index >= 15 is 0 Å². The SMILES string of the molecule is CCOC(=O)c1nc(N)cc(CCl)c1C(F)F. The zero-order chi connectivity index (χ0) is 13.0. The number of halogens is 3. The van der Waals surface area contributed by atoms with Crippen LogP contribution in [0.1, 0.15) is 35.0 Å². The lowest BCUT2D eigenvalue weighted by Gasteiger charge is -2.12. The van der Waals surface area contributed by atoms with Crippen LogP contribution in [0.4, 0.5) is 14.6 Å². The third kappa shape index (κ3) is 3.03. The van der Waals surface area contributed by atoms with Crippen molar-refractivity contribution in [1.29, 1.82) is 0 Å². The number of hydrogen-bond acceptors (Lipinski definition) is 4. The Hall–Kier alpha value is -1.43. The summed E-state index contributed by atoms with van der Waals surface area (Å²) in [5, 5.41) is 0. The number of nitrogens with zero attached hydrogens (tertiary/aromatic N) is 1. The van der Waals surface area contributed by atoms with Crippen molar-refractivity contribution in [2.45, 2.75) is 19.2 Å². The van der Waals surface area contributed by atoms with E-state index < -0.39 is 23.7 Å². The van der Waals surface area contributed by atoms with Crippen molar-refractivity contribution in [1.82, 2.24) is 4.98 Å². The number of carbonyl (C=O) groups is 1. The summed E-state index contributed by atoms with van der Waals surface area (Å²) < 4.78 is 30.4. The normalized spacial score (nSPS) is 10.6. The van der Waals surface area contributed by atoms with Gasteiger partial charge in [0, 0.05) is 5.88 Å². The first-order chi connectivity index (χ1) is 8.01. The second-order valence-electron chi connectivity index (χ2n) is 3.12. The summed E-state index contributed by atoms with van der Waals surface area (Å²) in [6.07, 6.45) is -2.86. The Balaban J connectivity index is 3.35. The van der Waals surface area contributed by atoms with E-state index in [4.69, 9.17) is 17.3 Å². The van der Waals surface area contributed by atoms with Gasteiger partial charge in [0.15, 0.2) is 5.69 Å². The summed E-state index contributed by atoms with van der Waals surface area (Å²) in [6.45, 7) is 1.63. The molecule has 1 rings (SSSR count). The Kier molecular flexibility index (Phi) is 4.62. The average molecular weight is 265 g/mol. The monoisotopic (exact) mass is 264 g/mol. The van der Waals surface area contributed by atoms with Gasteiger partial charge in [-0.2, -0.15) is 0 Å². The van der Waals surface area contributed by atoms with E-state index in [-0.39, 0.29) is 23.9 Å². The van der Waals surface area contributed by atoms with Gasteiger partial charge in [-0.05, 0) is 18.6 Å². The standard InChI is InChI=1S/C10H11ClF2N2O2/c1-2-17-10(16)8-7(9(12)13)5(4-11)3-6(14)15-8/h3,9H,2,4H2,1H3,(H2,14,15). The topological polar surface area (TPSA) is 65.2 Å². The molecule has 17 heavy (non-hydrogen) atoms. The lowest BCUT2D eigenvalue weighted by Crippen LogP contribution is -2.14. The maximum atomic E-state index is 12.9. The van der Waals surface area contributed by atoms with E-state index in [9.17, 15) is 13.6 Å². The molecule has 0 radical (unpaired) electrons. The highest BCUT2D eigenvalue weighted by Crippen LogP contribution is 2.28. The predicted octanol–water partition coefficient (Wildman–Crippen LogP) is 2.52. The zero-order valence-corrected chi connectivity index (χ0v) is 9.80. The van der Waals surface area contributed by atoms with Gasteiger partial charge >= 0.3 is 5.97 Å². The molecule has 0 aliphatic carbocycles. The molecule has 1 heterocycles. The highest BCUT2D eigenvalue weighted by atomic mass is 35.5. The number of hydrogen-bond donors (Lipinski definition) is 1. The van der Waals surface area contributed by atoms with Gasteiger partial charge in [0.1, 0.15) is 5.82 Å². The molecule has 0 saturated carbocycles. The lowest BCUT2D eigenvalue weighted by atomic mass is 10.1. The number of aromatic nitrogens is 1. The van der Waals surface area contributed by atoms with Gasteiger partial charge in [-0.15, -0.1) is 11.6 Å². The van der Waals surface area contributed by atoms with Crippen LogP contribution in [0.2, 0.25) is 0 Å². The van der Waals surface area contributed by atoms with Crippen LogP contribution in [0.5, 0.6) is 0 Å². The number of rotatable bonds is 4. The summed E-state index contributed by atoms with van der Waals surface area (Å²) in [5.41, 5.74) is 4.50. The van der Waals surface area contributed by atoms with Crippen molar-refractivity contribution in [3.05, 3.63) is 22.9 Å². The number of pyridine rings is 1. The maximum absolute atomic E-state index is 12.9. The average Bonchev–Trinajstić information content (AvgIpc) is 2.27. The third-order valence-corrected chi connectivity index (χ3v) is 2.28. The zero-order valence-electron chi connectivity index (χ0n) is 9.04. The number of carbonyl (C=O) groups excluding carboxylic acids is 1. The van der Waals surface area contributed by atoms with Crippen LogP contribution < -0.4 is 5.73 Å².